The van der Waals surface area contributed by atoms with Crippen molar-refractivity contribution >= 4 is 23.4 Å². The molecule has 1 aromatic carbocycles. The van der Waals surface area contributed by atoms with Gasteiger partial charge in [-0.15, -0.1) is 0 Å². The van der Waals surface area contributed by atoms with E-state index in [1.807, 2.05) is 6.92 Å². The summed E-state index contributed by atoms with van der Waals surface area (Å²) in [6, 6.07) is 5.26. The molecule has 0 unspecified atom stereocenters. The van der Waals surface area contributed by atoms with Crippen molar-refractivity contribution in [1.82, 2.24) is 5.32 Å². The van der Waals surface area contributed by atoms with Crippen molar-refractivity contribution in [2.45, 2.75) is 38.4 Å². The Morgan fingerprint density at radius 2 is 2.00 bits per heavy atom. The van der Waals surface area contributed by atoms with Gasteiger partial charge in [0.25, 0.3) is 5.91 Å². The van der Waals surface area contributed by atoms with Gasteiger partial charge in [-0.2, -0.15) is 11.8 Å². The van der Waals surface area contributed by atoms with Crippen molar-refractivity contribution in [3.63, 3.8) is 0 Å². The number of ether oxygens (including phenoxy) is 1. The van der Waals surface area contributed by atoms with Gasteiger partial charge >= 0.3 is 0 Å². The van der Waals surface area contributed by atoms with Crippen LogP contribution < -0.4 is 15.8 Å². The van der Waals surface area contributed by atoms with Crippen LogP contribution >= 0.6 is 11.8 Å². The lowest BCUT2D eigenvalue weighted by atomic mass is 10.0. The molecule has 0 saturated carbocycles. The molecule has 1 rings (SSSR count). The second-order valence-corrected chi connectivity index (χ2v) is 6.21. The van der Waals surface area contributed by atoms with E-state index in [0.29, 0.717) is 30.2 Å². The molecule has 0 aliphatic carbocycles. The summed E-state index contributed by atoms with van der Waals surface area (Å²) in [5.74, 6) is 0.339. The molecule has 1 amide bonds. The molecule has 0 heterocycles. The lowest BCUT2D eigenvalue weighted by Gasteiger charge is -2.30. The van der Waals surface area contributed by atoms with Gasteiger partial charge in [0.15, 0.2) is 5.75 Å². The van der Waals surface area contributed by atoms with Crippen LogP contribution in [0.25, 0.3) is 0 Å². The van der Waals surface area contributed by atoms with Crippen LogP contribution in [0.4, 0.5) is 5.69 Å². The van der Waals surface area contributed by atoms with Crippen LogP contribution in [0, 0.1) is 0 Å². The Balaban J connectivity index is 2.87. The fraction of sp³-hybridized carbons (Fsp3) is 0.562. The number of benzene rings is 1. The molecule has 0 aromatic heterocycles. The highest BCUT2D eigenvalue weighted by molar-refractivity contribution is 8.00. The summed E-state index contributed by atoms with van der Waals surface area (Å²) in [6.07, 6.45) is 4.12. The van der Waals surface area contributed by atoms with E-state index in [1.165, 1.54) is 0 Å². The first-order valence-electron chi connectivity index (χ1n) is 7.38. The monoisotopic (exact) mass is 310 g/mol. The van der Waals surface area contributed by atoms with Gasteiger partial charge in [-0.1, -0.05) is 19.9 Å². The average molecular weight is 310 g/mol. The molecule has 0 spiro atoms. The highest BCUT2D eigenvalue weighted by atomic mass is 32.2. The average Bonchev–Trinajstić information content (AvgIpc) is 2.51. The molecule has 21 heavy (non-hydrogen) atoms. The predicted octanol–water partition coefficient (Wildman–Crippen LogP) is 3.32. The zero-order chi connectivity index (χ0) is 15.9. The number of rotatable bonds is 8. The first kappa shape index (κ1) is 17.7. The van der Waals surface area contributed by atoms with E-state index >= 15 is 0 Å². The van der Waals surface area contributed by atoms with Gasteiger partial charge in [0.2, 0.25) is 0 Å². The van der Waals surface area contributed by atoms with Gasteiger partial charge in [-0.05, 0) is 38.2 Å². The molecule has 0 radical (unpaired) electrons. The lowest BCUT2D eigenvalue weighted by molar-refractivity contribution is 0.0945. The van der Waals surface area contributed by atoms with E-state index in [-0.39, 0.29) is 10.7 Å². The highest BCUT2D eigenvalue weighted by Gasteiger charge is 2.26. The standard InChI is InChI=1S/C16H26N2O2S/c1-5-16(6-2,21-4)11-18-15(19)12-9-8-10-13(17)14(12)20-7-3/h8-10H,5-7,11,17H2,1-4H3,(H,18,19). The summed E-state index contributed by atoms with van der Waals surface area (Å²) < 4.78 is 5.59. The maximum Gasteiger partial charge on any atom is 0.255 e. The second-order valence-electron chi connectivity index (χ2n) is 4.93. The Labute approximate surface area is 131 Å². The topological polar surface area (TPSA) is 64.3 Å². The van der Waals surface area contributed by atoms with Gasteiger partial charge in [0.05, 0.1) is 17.9 Å². The van der Waals surface area contributed by atoms with Crippen molar-refractivity contribution in [1.29, 1.82) is 0 Å². The lowest BCUT2D eigenvalue weighted by Crippen LogP contribution is -2.39. The van der Waals surface area contributed by atoms with Crippen molar-refractivity contribution in [3.05, 3.63) is 23.8 Å². The van der Waals surface area contributed by atoms with Crippen LogP contribution in [0.3, 0.4) is 0 Å². The number of nitrogens with one attached hydrogen (secondary N) is 1. The predicted molar refractivity (Wildman–Crippen MR) is 91.2 cm³/mol. The molecule has 0 atom stereocenters. The molecular formula is C16H26N2O2S. The van der Waals surface area contributed by atoms with E-state index in [9.17, 15) is 4.79 Å². The number of anilines is 1. The molecule has 1 aromatic rings. The number of hydrogen-bond acceptors (Lipinski definition) is 4. The summed E-state index contributed by atoms with van der Waals surface area (Å²) in [5, 5.41) is 3.02. The van der Waals surface area contributed by atoms with Crippen LogP contribution in [0.15, 0.2) is 18.2 Å². The minimum atomic E-state index is -0.133. The summed E-state index contributed by atoms with van der Waals surface area (Å²) in [5.41, 5.74) is 6.89. The molecule has 4 nitrogen and oxygen atoms in total. The van der Waals surface area contributed by atoms with Crippen molar-refractivity contribution in [2.24, 2.45) is 0 Å². The van der Waals surface area contributed by atoms with Gasteiger partial charge in [0.1, 0.15) is 0 Å². The van der Waals surface area contributed by atoms with Crippen LogP contribution in [0.2, 0.25) is 0 Å². The third kappa shape index (κ3) is 4.30. The maximum absolute atomic E-state index is 12.4. The molecular weight excluding hydrogens is 284 g/mol. The molecule has 0 fully saturated rings. The SMILES string of the molecule is CCOc1c(N)cccc1C(=O)NCC(CC)(CC)SC. The summed E-state index contributed by atoms with van der Waals surface area (Å²) in [7, 11) is 0. The molecule has 3 N–H and O–H groups in total. The maximum atomic E-state index is 12.4. The number of hydrogen-bond donors (Lipinski definition) is 2. The highest BCUT2D eigenvalue weighted by Crippen LogP contribution is 2.30. The third-order valence-corrected chi connectivity index (χ3v) is 5.46. The summed E-state index contributed by atoms with van der Waals surface area (Å²) in [6.45, 7) is 7.30. The van der Waals surface area contributed by atoms with Crippen LogP contribution in [0.5, 0.6) is 5.75 Å². The smallest absolute Gasteiger partial charge is 0.255 e. The van der Waals surface area contributed by atoms with Gasteiger partial charge in [-0.25, -0.2) is 0 Å². The van der Waals surface area contributed by atoms with Gasteiger partial charge < -0.3 is 15.8 Å². The van der Waals surface area contributed by atoms with E-state index in [1.54, 1.807) is 30.0 Å². The Morgan fingerprint density at radius 3 is 2.52 bits per heavy atom. The second kappa shape index (κ2) is 8.17. The van der Waals surface area contributed by atoms with Crippen molar-refractivity contribution < 1.29 is 9.53 Å². The fourth-order valence-electron chi connectivity index (χ4n) is 2.24. The van der Waals surface area contributed by atoms with E-state index in [0.717, 1.165) is 12.8 Å². The first-order chi connectivity index (χ1) is 10.0. The van der Waals surface area contributed by atoms with Crippen molar-refractivity contribution in [3.8, 4) is 5.75 Å². The number of nitrogen functional groups attached to an aromatic ring is 1. The number of carbonyl (C=O) groups excluding carboxylic acids is 1. The van der Waals surface area contributed by atoms with E-state index in [2.05, 4.69) is 25.4 Å². The molecule has 5 heteroatoms. The summed E-state index contributed by atoms with van der Waals surface area (Å²) >= 11 is 1.80. The van der Waals surface area contributed by atoms with Crippen LogP contribution in [-0.4, -0.2) is 30.1 Å². The Kier molecular flexibility index (Phi) is 6.89. The fourth-order valence-corrected chi connectivity index (χ4v) is 3.03. The Hall–Kier alpha value is -1.36. The molecule has 0 saturated heterocycles. The van der Waals surface area contributed by atoms with Crippen molar-refractivity contribution in [2.75, 3.05) is 25.1 Å². The zero-order valence-corrected chi connectivity index (χ0v) is 14.2. The Bertz CT molecular complexity index is 465. The molecule has 0 bridgehead atoms. The third-order valence-electron chi connectivity index (χ3n) is 3.87. The van der Waals surface area contributed by atoms with Gasteiger partial charge in [0, 0.05) is 11.3 Å². The number of nitrogens with two attached hydrogens (primary N) is 1. The normalized spacial score (nSPS) is 11.2. The molecule has 118 valence electrons. The quantitative estimate of drug-likeness (QED) is 0.723. The molecule has 0 aliphatic heterocycles. The number of amides is 1. The van der Waals surface area contributed by atoms with E-state index in [4.69, 9.17) is 10.5 Å². The van der Waals surface area contributed by atoms with Crippen LogP contribution in [0.1, 0.15) is 44.0 Å². The van der Waals surface area contributed by atoms with E-state index < -0.39 is 0 Å². The number of thioether (sulfide) groups is 1. The van der Waals surface area contributed by atoms with Gasteiger partial charge in [-0.3, -0.25) is 4.79 Å². The summed E-state index contributed by atoms with van der Waals surface area (Å²) in [4.78, 5) is 12.4. The minimum Gasteiger partial charge on any atom is -0.491 e. The number of para-hydroxylation sites is 1. The molecule has 0 aliphatic rings. The Morgan fingerprint density at radius 1 is 1.33 bits per heavy atom. The van der Waals surface area contributed by atoms with Crippen LogP contribution in [-0.2, 0) is 0 Å². The first-order valence-corrected chi connectivity index (χ1v) is 8.60. The number of carbonyl (C=O) groups is 1. The minimum absolute atomic E-state index is 0.0851. The largest absolute Gasteiger partial charge is 0.491 e. The zero-order valence-electron chi connectivity index (χ0n) is 13.4.